The van der Waals surface area contributed by atoms with E-state index >= 15 is 0 Å². The molecule has 0 atom stereocenters. The number of ether oxygens (including phenoxy) is 1. The lowest BCUT2D eigenvalue weighted by atomic mass is 10.0. The van der Waals surface area contributed by atoms with Gasteiger partial charge in [0.2, 0.25) is 5.78 Å². The third-order valence-corrected chi connectivity index (χ3v) is 4.26. The van der Waals surface area contributed by atoms with Crippen LogP contribution < -0.4 is 5.32 Å². The number of aryl methyl sites for hydroxylation is 2. The van der Waals surface area contributed by atoms with Gasteiger partial charge in [0, 0.05) is 18.5 Å². The highest BCUT2D eigenvalue weighted by Gasteiger charge is 2.43. The third kappa shape index (κ3) is 4.47. The maximum absolute atomic E-state index is 12.2. The van der Waals surface area contributed by atoms with Crippen LogP contribution in [0, 0.1) is 13.8 Å². The Bertz CT molecular complexity index is 754. The summed E-state index contributed by atoms with van der Waals surface area (Å²) in [5, 5.41) is 2.58. The minimum Gasteiger partial charge on any atom is -0.457 e. The first-order valence-corrected chi connectivity index (χ1v) is 8.52. The van der Waals surface area contributed by atoms with Gasteiger partial charge in [-0.15, -0.1) is 0 Å². The summed E-state index contributed by atoms with van der Waals surface area (Å²) >= 11 is 0. The van der Waals surface area contributed by atoms with Crippen LogP contribution in [0.15, 0.2) is 18.2 Å². The minimum atomic E-state index is -0.921. The summed E-state index contributed by atoms with van der Waals surface area (Å²) in [6, 6.07) is 5.07. The molecule has 0 unspecified atom stereocenters. The maximum atomic E-state index is 12.2. The number of esters is 1. The van der Waals surface area contributed by atoms with Gasteiger partial charge in [-0.2, -0.15) is 0 Å². The number of carbonyl (C=O) groups is 4. The van der Waals surface area contributed by atoms with Gasteiger partial charge in [0.1, 0.15) is 5.54 Å². The molecule has 140 valence electrons. The Labute approximate surface area is 152 Å². The zero-order valence-electron chi connectivity index (χ0n) is 15.5. The first-order chi connectivity index (χ1) is 12.1. The van der Waals surface area contributed by atoms with Gasteiger partial charge in [0.05, 0.1) is 0 Å². The second-order valence-electron chi connectivity index (χ2n) is 7.02. The van der Waals surface area contributed by atoms with Crippen molar-refractivity contribution >= 4 is 23.7 Å². The Kier molecular flexibility index (Phi) is 5.79. The van der Waals surface area contributed by atoms with Crippen LogP contribution in [-0.2, 0) is 14.3 Å². The number of ketones is 1. The molecule has 0 aliphatic carbocycles. The number of hydrogen-bond acceptors (Lipinski definition) is 5. The number of rotatable bonds is 7. The van der Waals surface area contributed by atoms with E-state index < -0.39 is 17.5 Å². The van der Waals surface area contributed by atoms with E-state index in [1.54, 1.807) is 19.9 Å². The number of amides is 3. The first kappa shape index (κ1) is 19.6. The van der Waals surface area contributed by atoms with Crippen molar-refractivity contribution in [3.05, 3.63) is 34.9 Å². The lowest BCUT2D eigenvalue weighted by Gasteiger charge is -2.15. The van der Waals surface area contributed by atoms with Gasteiger partial charge in [-0.1, -0.05) is 17.7 Å². The average Bonchev–Trinajstić information content (AvgIpc) is 2.76. The molecule has 7 nitrogen and oxygen atoms in total. The van der Waals surface area contributed by atoms with Gasteiger partial charge in [0.15, 0.2) is 6.61 Å². The lowest BCUT2D eigenvalue weighted by Crippen LogP contribution is -2.40. The molecule has 0 spiro atoms. The van der Waals surface area contributed by atoms with Crippen molar-refractivity contribution in [3.8, 4) is 0 Å². The standard InChI is InChI=1S/C19H24N2O5/c1-12-7-8-13(2)14(10-12)15(22)11-26-16(23)6-5-9-21-17(24)19(3,4)20-18(21)25/h7-8,10H,5-6,9,11H2,1-4H3,(H,20,25). The maximum Gasteiger partial charge on any atom is 0.325 e. The van der Waals surface area contributed by atoms with E-state index in [1.165, 1.54) is 0 Å². The van der Waals surface area contributed by atoms with E-state index in [1.807, 2.05) is 26.0 Å². The van der Waals surface area contributed by atoms with Crippen LogP contribution >= 0.6 is 0 Å². The van der Waals surface area contributed by atoms with Crippen molar-refractivity contribution in [1.82, 2.24) is 10.2 Å². The van der Waals surface area contributed by atoms with Gasteiger partial charge in [-0.25, -0.2) is 4.79 Å². The Hall–Kier alpha value is -2.70. The molecular formula is C19H24N2O5. The molecule has 0 bridgehead atoms. The van der Waals surface area contributed by atoms with Crippen LogP contribution in [0.5, 0.6) is 0 Å². The number of imide groups is 1. The Balaban J connectivity index is 1.77. The average molecular weight is 360 g/mol. The molecule has 7 heteroatoms. The summed E-state index contributed by atoms with van der Waals surface area (Å²) in [5.41, 5.74) is 1.41. The van der Waals surface area contributed by atoms with Crippen LogP contribution in [0.4, 0.5) is 4.79 Å². The Morgan fingerprint density at radius 2 is 1.88 bits per heavy atom. The normalized spacial score (nSPS) is 15.8. The van der Waals surface area contributed by atoms with Crippen molar-refractivity contribution < 1.29 is 23.9 Å². The van der Waals surface area contributed by atoms with E-state index in [0.29, 0.717) is 5.56 Å². The summed E-state index contributed by atoms with van der Waals surface area (Å²) in [4.78, 5) is 48.9. The quantitative estimate of drug-likeness (QED) is 0.457. The van der Waals surface area contributed by atoms with Crippen LogP contribution in [0.25, 0.3) is 0 Å². The molecule has 0 saturated carbocycles. The summed E-state index contributed by atoms with van der Waals surface area (Å²) in [5.74, 6) is -1.11. The van der Waals surface area contributed by atoms with Crippen molar-refractivity contribution in [1.29, 1.82) is 0 Å². The molecule has 1 heterocycles. The van der Waals surface area contributed by atoms with Crippen LogP contribution in [0.1, 0.15) is 48.2 Å². The van der Waals surface area contributed by atoms with E-state index in [-0.39, 0.29) is 37.7 Å². The molecule has 1 fully saturated rings. The molecule has 1 N–H and O–H groups in total. The van der Waals surface area contributed by atoms with Crippen LogP contribution in [0.3, 0.4) is 0 Å². The van der Waals surface area contributed by atoms with Gasteiger partial charge in [-0.05, 0) is 45.7 Å². The summed E-state index contributed by atoms with van der Waals surface area (Å²) in [7, 11) is 0. The number of Topliss-reactive ketones (excluding diaryl/α,β-unsaturated/α-hetero) is 1. The molecule has 1 aromatic rings. The minimum absolute atomic E-state index is 0.0254. The van der Waals surface area contributed by atoms with Crippen molar-refractivity contribution in [2.75, 3.05) is 13.2 Å². The highest BCUT2D eigenvalue weighted by molar-refractivity contribution is 6.06. The topological polar surface area (TPSA) is 92.8 Å². The predicted molar refractivity (Wildman–Crippen MR) is 94.8 cm³/mol. The molecule has 1 aliphatic heterocycles. The third-order valence-electron chi connectivity index (χ3n) is 4.26. The molecule has 2 rings (SSSR count). The van der Waals surface area contributed by atoms with Crippen LogP contribution in [-0.4, -0.2) is 47.3 Å². The van der Waals surface area contributed by atoms with Gasteiger partial charge in [0.25, 0.3) is 5.91 Å². The zero-order valence-corrected chi connectivity index (χ0v) is 15.5. The molecule has 3 amide bonds. The van der Waals surface area contributed by atoms with E-state index in [4.69, 9.17) is 4.74 Å². The van der Waals surface area contributed by atoms with Gasteiger partial charge in [-0.3, -0.25) is 19.3 Å². The summed E-state index contributed by atoms with van der Waals surface area (Å²) in [6.45, 7) is 6.78. The number of carbonyl (C=O) groups excluding carboxylic acids is 4. The monoisotopic (exact) mass is 360 g/mol. The fourth-order valence-corrected chi connectivity index (χ4v) is 2.73. The SMILES string of the molecule is Cc1ccc(C)c(C(=O)COC(=O)CCCN2C(=O)NC(C)(C)C2=O)c1. The molecule has 1 saturated heterocycles. The van der Waals surface area contributed by atoms with Crippen molar-refractivity contribution in [2.45, 2.75) is 46.1 Å². The number of nitrogens with zero attached hydrogens (tertiary/aromatic N) is 1. The molecular weight excluding hydrogens is 336 g/mol. The zero-order chi connectivity index (χ0) is 19.5. The van der Waals surface area contributed by atoms with Crippen LogP contribution in [0.2, 0.25) is 0 Å². The van der Waals surface area contributed by atoms with Crippen molar-refractivity contribution in [3.63, 3.8) is 0 Å². The number of hydrogen-bond donors (Lipinski definition) is 1. The van der Waals surface area contributed by atoms with Crippen molar-refractivity contribution in [2.24, 2.45) is 0 Å². The number of urea groups is 1. The largest absolute Gasteiger partial charge is 0.457 e. The Morgan fingerprint density at radius 1 is 1.19 bits per heavy atom. The van der Waals surface area contributed by atoms with E-state index in [0.717, 1.165) is 16.0 Å². The molecule has 0 aromatic heterocycles. The number of benzene rings is 1. The fraction of sp³-hybridized carbons (Fsp3) is 0.474. The Morgan fingerprint density at radius 3 is 2.50 bits per heavy atom. The highest BCUT2D eigenvalue weighted by atomic mass is 16.5. The second-order valence-corrected chi connectivity index (χ2v) is 7.02. The molecule has 26 heavy (non-hydrogen) atoms. The van der Waals surface area contributed by atoms with Gasteiger partial charge < -0.3 is 10.1 Å². The first-order valence-electron chi connectivity index (χ1n) is 8.52. The lowest BCUT2D eigenvalue weighted by molar-refractivity contribution is -0.143. The second kappa shape index (κ2) is 7.68. The van der Waals surface area contributed by atoms with E-state index in [9.17, 15) is 19.2 Å². The molecule has 1 aliphatic rings. The smallest absolute Gasteiger partial charge is 0.325 e. The highest BCUT2D eigenvalue weighted by Crippen LogP contribution is 2.17. The fourth-order valence-electron chi connectivity index (χ4n) is 2.73. The summed E-state index contributed by atoms with van der Waals surface area (Å²) < 4.78 is 5.02. The number of nitrogens with one attached hydrogen (secondary N) is 1. The van der Waals surface area contributed by atoms with Gasteiger partial charge >= 0.3 is 12.0 Å². The summed E-state index contributed by atoms with van der Waals surface area (Å²) in [6.07, 6.45) is 0.309. The van der Waals surface area contributed by atoms with E-state index in [2.05, 4.69) is 5.32 Å². The molecule has 1 aromatic carbocycles. The molecule has 0 radical (unpaired) electrons. The predicted octanol–water partition coefficient (Wildman–Crippen LogP) is 2.14.